The minimum Gasteiger partial charge on any atom is -0.399 e. The van der Waals surface area contributed by atoms with E-state index in [-0.39, 0.29) is 18.2 Å². The molecular weight excluding hydrogens is 468 g/mol. The standard InChI is InChI=1S/C28H36N6O3/c1-30-27(36)10-9-23(19-35)34-18-25-24(28(34)37)3-2-4-26(25)33-16-20(17-33)15-31-11-13-32(14-12-31)22-7-5-21(29)6-8-22/h2-8,19-20,23H,9-18,29H2,1H3,(H,30,36). The molecule has 2 fully saturated rings. The monoisotopic (exact) mass is 504 g/mol. The first-order valence-corrected chi connectivity index (χ1v) is 13.1. The van der Waals surface area contributed by atoms with Crippen LogP contribution in [0.3, 0.4) is 0 Å². The zero-order chi connectivity index (χ0) is 25.9. The smallest absolute Gasteiger partial charge is 0.255 e. The van der Waals surface area contributed by atoms with E-state index in [1.54, 1.807) is 11.9 Å². The molecule has 37 heavy (non-hydrogen) atoms. The molecule has 1 unspecified atom stereocenters. The first kappa shape index (κ1) is 25.1. The molecule has 0 radical (unpaired) electrons. The van der Waals surface area contributed by atoms with E-state index in [2.05, 4.69) is 38.2 Å². The van der Waals surface area contributed by atoms with E-state index < -0.39 is 6.04 Å². The second kappa shape index (κ2) is 10.8. The maximum atomic E-state index is 13.1. The molecule has 9 heteroatoms. The molecular formula is C28H36N6O3. The van der Waals surface area contributed by atoms with Gasteiger partial charge in [0, 0.05) is 99.9 Å². The van der Waals surface area contributed by atoms with Crippen LogP contribution in [0.5, 0.6) is 0 Å². The molecule has 0 bridgehead atoms. The molecule has 0 aromatic heterocycles. The number of benzene rings is 2. The van der Waals surface area contributed by atoms with Crippen LogP contribution in [0.1, 0.15) is 28.8 Å². The number of aldehydes is 1. The summed E-state index contributed by atoms with van der Waals surface area (Å²) in [6, 6.07) is 13.4. The van der Waals surface area contributed by atoms with Gasteiger partial charge in [0.25, 0.3) is 5.91 Å². The van der Waals surface area contributed by atoms with Crippen molar-refractivity contribution in [3.8, 4) is 0 Å². The van der Waals surface area contributed by atoms with Crippen LogP contribution in [0.15, 0.2) is 42.5 Å². The van der Waals surface area contributed by atoms with Gasteiger partial charge < -0.3 is 30.5 Å². The number of carbonyl (C=O) groups is 3. The molecule has 2 aromatic rings. The van der Waals surface area contributed by atoms with Crippen LogP contribution >= 0.6 is 0 Å². The van der Waals surface area contributed by atoms with Crippen LogP contribution < -0.4 is 20.9 Å². The Morgan fingerprint density at radius 3 is 2.49 bits per heavy atom. The fraction of sp³-hybridized carbons (Fsp3) is 0.464. The van der Waals surface area contributed by atoms with E-state index in [4.69, 9.17) is 5.73 Å². The summed E-state index contributed by atoms with van der Waals surface area (Å²) in [7, 11) is 1.57. The molecule has 9 nitrogen and oxygen atoms in total. The Bertz CT molecular complexity index is 1140. The molecule has 0 saturated carbocycles. The quantitative estimate of drug-likeness (QED) is 0.395. The Morgan fingerprint density at radius 1 is 1.08 bits per heavy atom. The van der Waals surface area contributed by atoms with Gasteiger partial charge >= 0.3 is 0 Å². The maximum Gasteiger partial charge on any atom is 0.255 e. The zero-order valence-electron chi connectivity index (χ0n) is 21.4. The molecule has 196 valence electrons. The van der Waals surface area contributed by atoms with Crippen molar-refractivity contribution in [1.29, 1.82) is 0 Å². The summed E-state index contributed by atoms with van der Waals surface area (Å²) in [6.07, 6.45) is 1.34. The van der Waals surface area contributed by atoms with Gasteiger partial charge in [0.15, 0.2) is 0 Å². The Kier molecular flexibility index (Phi) is 7.32. The number of carbonyl (C=O) groups excluding carboxylic acids is 3. The fourth-order valence-electron chi connectivity index (χ4n) is 5.72. The Labute approximate surface area is 218 Å². The molecule has 3 aliphatic rings. The van der Waals surface area contributed by atoms with E-state index in [1.807, 2.05) is 24.3 Å². The Balaban J connectivity index is 1.14. The van der Waals surface area contributed by atoms with Gasteiger partial charge in [-0.2, -0.15) is 0 Å². The van der Waals surface area contributed by atoms with Gasteiger partial charge in [-0.05, 0) is 42.8 Å². The van der Waals surface area contributed by atoms with Gasteiger partial charge in [-0.1, -0.05) is 6.07 Å². The molecule has 3 heterocycles. The maximum absolute atomic E-state index is 13.1. The van der Waals surface area contributed by atoms with Crippen molar-refractivity contribution in [2.45, 2.75) is 25.4 Å². The van der Waals surface area contributed by atoms with Gasteiger partial charge in [0.05, 0.1) is 6.04 Å². The highest BCUT2D eigenvalue weighted by Gasteiger charge is 2.37. The topological polar surface area (TPSA) is 102 Å². The number of hydrogen-bond acceptors (Lipinski definition) is 7. The summed E-state index contributed by atoms with van der Waals surface area (Å²) in [6.45, 7) is 7.56. The summed E-state index contributed by atoms with van der Waals surface area (Å²) in [5, 5.41) is 2.57. The lowest BCUT2D eigenvalue weighted by atomic mass is 9.96. The van der Waals surface area contributed by atoms with Gasteiger partial charge in [-0.25, -0.2) is 0 Å². The van der Waals surface area contributed by atoms with E-state index >= 15 is 0 Å². The third kappa shape index (κ3) is 5.27. The average Bonchev–Trinajstić information content (AvgIpc) is 3.23. The highest BCUT2D eigenvalue weighted by molar-refractivity contribution is 6.01. The predicted molar refractivity (Wildman–Crippen MR) is 145 cm³/mol. The molecule has 0 spiro atoms. The Morgan fingerprint density at radius 2 is 1.81 bits per heavy atom. The van der Waals surface area contributed by atoms with Gasteiger partial charge in [-0.15, -0.1) is 0 Å². The van der Waals surface area contributed by atoms with E-state index in [1.165, 1.54) is 5.69 Å². The van der Waals surface area contributed by atoms with Crippen LogP contribution in [0.2, 0.25) is 0 Å². The van der Waals surface area contributed by atoms with Crippen LogP contribution in [-0.2, 0) is 16.1 Å². The van der Waals surface area contributed by atoms with Crippen molar-refractivity contribution in [2.24, 2.45) is 5.92 Å². The van der Waals surface area contributed by atoms with Crippen LogP contribution in [0, 0.1) is 5.92 Å². The number of rotatable bonds is 9. The normalized spacial score (nSPS) is 18.9. The number of fused-ring (bicyclic) bond motifs is 1. The first-order valence-electron chi connectivity index (χ1n) is 13.1. The zero-order valence-corrected chi connectivity index (χ0v) is 21.4. The van der Waals surface area contributed by atoms with Crippen LogP contribution in [0.25, 0.3) is 0 Å². The van der Waals surface area contributed by atoms with E-state index in [9.17, 15) is 14.4 Å². The second-order valence-electron chi connectivity index (χ2n) is 10.3. The Hall–Kier alpha value is -3.59. The predicted octanol–water partition coefficient (Wildman–Crippen LogP) is 1.58. The summed E-state index contributed by atoms with van der Waals surface area (Å²) < 4.78 is 0. The molecule has 2 amide bonds. The minimum atomic E-state index is -0.596. The lowest BCUT2D eigenvalue weighted by molar-refractivity contribution is -0.121. The van der Waals surface area contributed by atoms with E-state index in [0.717, 1.165) is 69.0 Å². The van der Waals surface area contributed by atoms with Crippen LogP contribution in [0.4, 0.5) is 17.1 Å². The number of anilines is 3. The third-order valence-electron chi connectivity index (χ3n) is 7.92. The van der Waals surface area contributed by atoms with E-state index in [0.29, 0.717) is 24.4 Å². The number of hydrogen-bond donors (Lipinski definition) is 2. The number of amides is 2. The minimum absolute atomic E-state index is 0.123. The van der Waals surface area contributed by atoms with Crippen molar-refractivity contribution in [1.82, 2.24) is 15.1 Å². The highest BCUT2D eigenvalue weighted by atomic mass is 16.2. The molecule has 0 aliphatic carbocycles. The largest absolute Gasteiger partial charge is 0.399 e. The van der Waals surface area contributed by atoms with Gasteiger partial charge in [-0.3, -0.25) is 14.5 Å². The SMILES string of the molecule is CNC(=O)CCC(C=O)N1Cc2c(cccc2N2CC(CN3CCN(c4ccc(N)cc4)CC3)C2)C1=O. The fourth-order valence-corrected chi connectivity index (χ4v) is 5.72. The van der Waals surface area contributed by atoms with Gasteiger partial charge in [0.1, 0.15) is 6.29 Å². The molecule has 3 N–H and O–H groups in total. The van der Waals surface area contributed by atoms with Gasteiger partial charge in [0.2, 0.25) is 5.91 Å². The summed E-state index contributed by atoms with van der Waals surface area (Å²) >= 11 is 0. The van der Waals surface area contributed by atoms with Crippen molar-refractivity contribution in [3.63, 3.8) is 0 Å². The number of nitrogens with zero attached hydrogens (tertiary/aromatic N) is 4. The first-order chi connectivity index (χ1) is 18.0. The van der Waals surface area contributed by atoms with Crippen molar-refractivity contribution in [2.75, 3.05) is 68.4 Å². The van der Waals surface area contributed by atoms with Crippen LogP contribution in [-0.4, -0.2) is 86.8 Å². The summed E-state index contributed by atoms with van der Waals surface area (Å²) in [5.74, 6) is 0.347. The third-order valence-corrected chi connectivity index (χ3v) is 7.92. The molecule has 2 aromatic carbocycles. The summed E-state index contributed by atoms with van der Waals surface area (Å²) in [4.78, 5) is 45.5. The van der Waals surface area contributed by atoms with Crippen molar-refractivity contribution in [3.05, 3.63) is 53.6 Å². The lowest BCUT2D eigenvalue weighted by Gasteiger charge is -2.45. The van der Waals surface area contributed by atoms with Crippen molar-refractivity contribution < 1.29 is 14.4 Å². The number of nitrogens with two attached hydrogens (primary N) is 1. The second-order valence-corrected chi connectivity index (χ2v) is 10.3. The average molecular weight is 505 g/mol. The molecule has 2 saturated heterocycles. The highest BCUT2D eigenvalue weighted by Crippen LogP contribution is 2.36. The molecule has 1 atom stereocenters. The number of piperazine rings is 1. The number of nitrogen functional groups attached to an aromatic ring is 1. The molecule has 5 rings (SSSR count). The molecule has 3 aliphatic heterocycles. The van der Waals surface area contributed by atoms with Crippen molar-refractivity contribution >= 4 is 35.2 Å². The number of nitrogens with one attached hydrogen (secondary N) is 1. The lowest BCUT2D eigenvalue weighted by Crippen LogP contribution is -2.55. The summed E-state index contributed by atoms with van der Waals surface area (Å²) in [5.41, 5.74) is 10.6.